The lowest BCUT2D eigenvalue weighted by Gasteiger charge is -2.24. The quantitative estimate of drug-likeness (QED) is 0.763. The highest BCUT2D eigenvalue weighted by molar-refractivity contribution is 5.44. The van der Waals surface area contributed by atoms with Gasteiger partial charge in [0.15, 0.2) is 0 Å². The van der Waals surface area contributed by atoms with E-state index >= 15 is 0 Å². The Hall–Kier alpha value is -1.26. The van der Waals surface area contributed by atoms with Gasteiger partial charge in [0.1, 0.15) is 18.1 Å². The molecular weight excluding hydrogens is 230 g/mol. The first-order chi connectivity index (χ1) is 8.66. The van der Waals surface area contributed by atoms with Crippen LogP contribution in [-0.2, 0) is 0 Å². The van der Waals surface area contributed by atoms with Gasteiger partial charge in [-0.3, -0.25) is 0 Å². The van der Waals surface area contributed by atoms with Crippen LogP contribution in [0.15, 0.2) is 18.2 Å². The van der Waals surface area contributed by atoms with Crippen LogP contribution in [0, 0.1) is 0 Å². The second-order valence-corrected chi connectivity index (χ2v) is 5.40. The Labute approximate surface area is 107 Å². The van der Waals surface area contributed by atoms with E-state index in [9.17, 15) is 10.2 Å². The van der Waals surface area contributed by atoms with Crippen LogP contribution in [0.2, 0.25) is 0 Å². The molecule has 2 aliphatic rings. The highest BCUT2D eigenvalue weighted by Gasteiger charge is 2.33. The summed E-state index contributed by atoms with van der Waals surface area (Å²) in [6, 6.07) is 5.31. The fourth-order valence-electron chi connectivity index (χ4n) is 2.89. The molecule has 0 bridgehead atoms. The van der Waals surface area contributed by atoms with Crippen LogP contribution >= 0.6 is 0 Å². The first-order valence-corrected chi connectivity index (χ1v) is 6.58. The minimum absolute atomic E-state index is 0.116. The average Bonchev–Trinajstić information content (AvgIpc) is 2.93. The lowest BCUT2D eigenvalue weighted by atomic mass is 10.0. The third kappa shape index (κ3) is 2.18. The zero-order valence-electron chi connectivity index (χ0n) is 10.4. The van der Waals surface area contributed by atoms with E-state index in [1.54, 1.807) is 12.1 Å². The monoisotopic (exact) mass is 249 g/mol. The summed E-state index contributed by atoms with van der Waals surface area (Å²) in [6.45, 7) is 1.18. The molecule has 1 aromatic carbocycles. The van der Waals surface area contributed by atoms with Crippen molar-refractivity contribution in [3.05, 3.63) is 23.8 Å². The second kappa shape index (κ2) is 4.44. The van der Waals surface area contributed by atoms with Gasteiger partial charge in [-0.05, 0) is 25.0 Å². The van der Waals surface area contributed by atoms with Crippen molar-refractivity contribution in [3.63, 3.8) is 0 Å². The molecule has 0 radical (unpaired) electrons. The number of phenols is 1. The Bertz CT molecular complexity index is 441. The van der Waals surface area contributed by atoms with E-state index in [0.29, 0.717) is 13.2 Å². The molecule has 1 atom stereocenters. The van der Waals surface area contributed by atoms with Crippen molar-refractivity contribution < 1.29 is 14.9 Å². The van der Waals surface area contributed by atoms with Gasteiger partial charge in [0.2, 0.25) is 0 Å². The largest absolute Gasteiger partial charge is 0.508 e. The topological polar surface area (TPSA) is 61.7 Å². The van der Waals surface area contributed by atoms with Crippen molar-refractivity contribution in [2.75, 3.05) is 13.2 Å². The van der Waals surface area contributed by atoms with Crippen molar-refractivity contribution in [3.8, 4) is 11.5 Å². The Kier molecular flexibility index (Phi) is 2.92. The number of rotatable bonds is 3. The van der Waals surface area contributed by atoms with Crippen LogP contribution in [0.25, 0.3) is 0 Å². The van der Waals surface area contributed by atoms with Crippen molar-refractivity contribution >= 4 is 0 Å². The van der Waals surface area contributed by atoms with E-state index in [4.69, 9.17) is 4.74 Å². The number of nitrogens with one attached hydrogen (secondary N) is 1. The van der Waals surface area contributed by atoms with Crippen LogP contribution < -0.4 is 10.1 Å². The fourth-order valence-corrected chi connectivity index (χ4v) is 2.89. The lowest BCUT2D eigenvalue weighted by Crippen LogP contribution is -2.40. The molecule has 98 valence electrons. The van der Waals surface area contributed by atoms with Crippen LogP contribution in [0.5, 0.6) is 11.5 Å². The average molecular weight is 249 g/mol. The summed E-state index contributed by atoms with van der Waals surface area (Å²) in [5.74, 6) is 0.967. The van der Waals surface area contributed by atoms with E-state index in [2.05, 4.69) is 5.32 Å². The maximum absolute atomic E-state index is 10.3. The van der Waals surface area contributed by atoms with Crippen molar-refractivity contribution in [1.29, 1.82) is 0 Å². The molecule has 0 aromatic heterocycles. The summed E-state index contributed by atoms with van der Waals surface area (Å²) in [7, 11) is 0. The van der Waals surface area contributed by atoms with Gasteiger partial charge in [-0.2, -0.15) is 0 Å². The Morgan fingerprint density at radius 2 is 2.11 bits per heavy atom. The molecule has 1 unspecified atom stereocenters. The molecule has 3 N–H and O–H groups in total. The molecule has 1 heterocycles. The zero-order valence-corrected chi connectivity index (χ0v) is 10.4. The molecule has 0 spiro atoms. The van der Waals surface area contributed by atoms with Gasteiger partial charge in [-0.15, -0.1) is 0 Å². The van der Waals surface area contributed by atoms with Gasteiger partial charge in [0.25, 0.3) is 0 Å². The number of aliphatic hydroxyl groups is 1. The van der Waals surface area contributed by atoms with Gasteiger partial charge in [0.05, 0.1) is 11.6 Å². The molecule has 18 heavy (non-hydrogen) atoms. The van der Waals surface area contributed by atoms with Crippen LogP contribution in [0.1, 0.15) is 37.3 Å². The van der Waals surface area contributed by atoms with E-state index in [-0.39, 0.29) is 11.8 Å². The molecule has 1 saturated carbocycles. The van der Waals surface area contributed by atoms with Crippen molar-refractivity contribution in [2.24, 2.45) is 0 Å². The smallest absolute Gasteiger partial charge is 0.127 e. The summed E-state index contributed by atoms with van der Waals surface area (Å²) >= 11 is 0. The summed E-state index contributed by atoms with van der Waals surface area (Å²) in [5, 5.41) is 23.1. The first-order valence-electron chi connectivity index (χ1n) is 6.58. The number of hydrogen-bond acceptors (Lipinski definition) is 4. The highest BCUT2D eigenvalue weighted by atomic mass is 16.5. The predicted octanol–water partition coefficient (Wildman–Crippen LogP) is 1.72. The number of ether oxygens (including phenoxy) is 1. The Balaban J connectivity index is 1.66. The standard InChI is InChI=1S/C14H19NO3/c16-10-3-4-11-12(8-18-13(11)7-10)15-9-14(17)5-1-2-6-14/h3-4,7,12,15-17H,1-2,5-6,8-9H2. The van der Waals surface area contributed by atoms with Gasteiger partial charge in [-0.1, -0.05) is 12.8 Å². The minimum Gasteiger partial charge on any atom is -0.508 e. The van der Waals surface area contributed by atoms with Crippen LogP contribution in [0.3, 0.4) is 0 Å². The van der Waals surface area contributed by atoms with Crippen molar-refractivity contribution in [1.82, 2.24) is 5.32 Å². The SMILES string of the molecule is Oc1ccc2c(c1)OCC2NCC1(O)CCCC1. The minimum atomic E-state index is -0.542. The lowest BCUT2D eigenvalue weighted by molar-refractivity contribution is 0.0440. The summed E-state index contributed by atoms with van der Waals surface area (Å²) in [4.78, 5) is 0. The zero-order chi connectivity index (χ0) is 12.6. The third-order valence-corrected chi connectivity index (χ3v) is 3.99. The van der Waals surface area contributed by atoms with Crippen molar-refractivity contribution in [2.45, 2.75) is 37.3 Å². The fraction of sp³-hybridized carbons (Fsp3) is 0.571. The molecule has 0 saturated heterocycles. The molecule has 1 aromatic rings. The molecule has 4 heteroatoms. The number of phenolic OH excluding ortho intramolecular Hbond substituents is 1. The van der Waals surface area contributed by atoms with Gasteiger partial charge >= 0.3 is 0 Å². The Morgan fingerprint density at radius 3 is 2.89 bits per heavy atom. The van der Waals surface area contributed by atoms with Gasteiger partial charge < -0.3 is 20.3 Å². The molecule has 3 rings (SSSR count). The number of fused-ring (bicyclic) bond motifs is 1. The molecule has 4 nitrogen and oxygen atoms in total. The van der Waals surface area contributed by atoms with E-state index in [1.165, 1.54) is 0 Å². The van der Waals surface area contributed by atoms with Gasteiger partial charge in [0, 0.05) is 18.2 Å². The summed E-state index contributed by atoms with van der Waals surface area (Å²) in [5.41, 5.74) is 0.522. The van der Waals surface area contributed by atoms with E-state index in [0.717, 1.165) is 37.0 Å². The normalized spacial score (nSPS) is 24.8. The third-order valence-electron chi connectivity index (χ3n) is 3.99. The molecular formula is C14H19NO3. The maximum Gasteiger partial charge on any atom is 0.127 e. The number of benzene rings is 1. The number of hydrogen-bond donors (Lipinski definition) is 3. The molecule has 0 amide bonds. The highest BCUT2D eigenvalue weighted by Crippen LogP contribution is 2.36. The van der Waals surface area contributed by atoms with Crippen LogP contribution in [0.4, 0.5) is 0 Å². The van der Waals surface area contributed by atoms with E-state index < -0.39 is 5.60 Å². The van der Waals surface area contributed by atoms with Gasteiger partial charge in [-0.25, -0.2) is 0 Å². The maximum atomic E-state index is 10.3. The molecule has 1 aliphatic heterocycles. The summed E-state index contributed by atoms with van der Waals surface area (Å²) in [6.07, 6.45) is 4.00. The number of aromatic hydroxyl groups is 1. The second-order valence-electron chi connectivity index (χ2n) is 5.40. The van der Waals surface area contributed by atoms with Crippen LogP contribution in [-0.4, -0.2) is 29.0 Å². The molecule has 1 aliphatic carbocycles. The Morgan fingerprint density at radius 1 is 1.33 bits per heavy atom. The summed E-state index contributed by atoms with van der Waals surface area (Å²) < 4.78 is 5.54. The first kappa shape index (κ1) is 11.8. The molecule has 1 fully saturated rings. The predicted molar refractivity (Wildman–Crippen MR) is 67.8 cm³/mol. The van der Waals surface area contributed by atoms with E-state index in [1.807, 2.05) is 6.07 Å².